The molecule has 1 aromatic carbocycles. The molecule has 21 heavy (non-hydrogen) atoms. The summed E-state index contributed by atoms with van der Waals surface area (Å²) in [7, 11) is 1.72. The zero-order valence-corrected chi connectivity index (χ0v) is 12.5. The molecular weight excluding hydrogens is 298 g/mol. The Bertz CT molecular complexity index is 662. The second-order valence-electron chi connectivity index (χ2n) is 4.85. The van der Waals surface area contributed by atoms with Gasteiger partial charge in [0.25, 0.3) is 0 Å². The molecule has 1 aromatic heterocycles. The average Bonchev–Trinajstić information content (AvgIpc) is 2.64. The van der Waals surface area contributed by atoms with Crippen molar-refractivity contribution in [2.45, 2.75) is 26.2 Å². The van der Waals surface area contributed by atoms with Crippen molar-refractivity contribution in [1.82, 2.24) is 9.78 Å². The molecule has 0 N–H and O–H groups in total. The van der Waals surface area contributed by atoms with Crippen LogP contribution in [0.4, 0.5) is 8.78 Å². The van der Waals surface area contributed by atoms with Gasteiger partial charge in [0.1, 0.15) is 17.4 Å². The van der Waals surface area contributed by atoms with Crippen LogP contribution in [0.15, 0.2) is 18.2 Å². The molecule has 0 radical (unpaired) electrons. The lowest BCUT2D eigenvalue weighted by Crippen LogP contribution is -2.10. The molecule has 6 heteroatoms. The summed E-state index contributed by atoms with van der Waals surface area (Å²) in [4.78, 5) is 12.1. The van der Waals surface area contributed by atoms with Crippen molar-refractivity contribution in [3.05, 3.63) is 51.8 Å². The summed E-state index contributed by atoms with van der Waals surface area (Å²) in [5.74, 6) is -1.55. The number of nitrogens with zero attached hydrogens (tertiary/aromatic N) is 2. The first kappa shape index (κ1) is 15.6. The second-order valence-corrected chi connectivity index (χ2v) is 5.23. The smallest absolute Gasteiger partial charge is 0.143 e. The summed E-state index contributed by atoms with van der Waals surface area (Å²) in [6, 6.07) is 3.09. The Morgan fingerprint density at radius 1 is 1.24 bits per heavy atom. The number of aryl methyl sites for hydroxylation is 2. The molecule has 0 bridgehead atoms. The number of rotatable bonds is 5. The summed E-state index contributed by atoms with van der Waals surface area (Å²) < 4.78 is 27.8. The predicted octanol–water partition coefficient (Wildman–Crippen LogP) is 3.27. The Hall–Kier alpha value is -1.75. The Labute approximate surface area is 126 Å². The van der Waals surface area contributed by atoms with E-state index in [9.17, 15) is 13.6 Å². The van der Waals surface area contributed by atoms with Gasteiger partial charge >= 0.3 is 0 Å². The maximum atomic E-state index is 13.1. The van der Waals surface area contributed by atoms with Crippen LogP contribution in [0.25, 0.3) is 0 Å². The standard InChI is InChI=1S/C15H15ClF2N2O/c1-3-13-15(16)14(20(2)19-13)8-12(21)6-9-4-10(17)7-11(18)5-9/h4-5,7H,3,6,8H2,1-2H3. The van der Waals surface area contributed by atoms with E-state index in [0.29, 0.717) is 22.7 Å². The normalized spacial score (nSPS) is 10.9. The molecule has 0 saturated heterocycles. The topological polar surface area (TPSA) is 34.9 Å². The average molecular weight is 313 g/mol. The number of hydrogen-bond acceptors (Lipinski definition) is 2. The Morgan fingerprint density at radius 2 is 1.86 bits per heavy atom. The van der Waals surface area contributed by atoms with Gasteiger partial charge < -0.3 is 0 Å². The van der Waals surface area contributed by atoms with Gasteiger partial charge in [-0.2, -0.15) is 5.10 Å². The van der Waals surface area contributed by atoms with Gasteiger partial charge in [0.2, 0.25) is 0 Å². The largest absolute Gasteiger partial charge is 0.299 e. The van der Waals surface area contributed by atoms with Gasteiger partial charge in [-0.3, -0.25) is 9.48 Å². The van der Waals surface area contributed by atoms with E-state index in [2.05, 4.69) is 5.10 Å². The van der Waals surface area contributed by atoms with Crippen molar-refractivity contribution in [2.75, 3.05) is 0 Å². The van der Waals surface area contributed by atoms with Crippen LogP contribution in [0.3, 0.4) is 0 Å². The second kappa shape index (κ2) is 6.35. The number of ketones is 1. The highest BCUT2D eigenvalue weighted by molar-refractivity contribution is 6.32. The van der Waals surface area contributed by atoms with E-state index in [1.807, 2.05) is 6.92 Å². The lowest BCUT2D eigenvalue weighted by Gasteiger charge is -2.04. The zero-order valence-electron chi connectivity index (χ0n) is 11.8. The fraction of sp³-hybridized carbons (Fsp3) is 0.333. The first-order valence-electron chi connectivity index (χ1n) is 6.57. The monoisotopic (exact) mass is 312 g/mol. The van der Waals surface area contributed by atoms with Crippen LogP contribution in [0.5, 0.6) is 0 Å². The van der Waals surface area contributed by atoms with Crippen LogP contribution in [-0.2, 0) is 31.1 Å². The van der Waals surface area contributed by atoms with Gasteiger partial charge in [-0.1, -0.05) is 18.5 Å². The van der Waals surface area contributed by atoms with Gasteiger partial charge in [0.15, 0.2) is 0 Å². The summed E-state index contributed by atoms with van der Waals surface area (Å²) in [6.07, 6.45) is 0.716. The lowest BCUT2D eigenvalue weighted by molar-refractivity contribution is -0.117. The third-order valence-corrected chi connectivity index (χ3v) is 3.63. The molecular formula is C15H15ClF2N2O. The summed E-state index contributed by atoms with van der Waals surface area (Å²) in [6.45, 7) is 1.93. The van der Waals surface area contributed by atoms with E-state index in [4.69, 9.17) is 11.6 Å². The quantitative estimate of drug-likeness (QED) is 0.849. The van der Waals surface area contributed by atoms with E-state index in [0.717, 1.165) is 23.9 Å². The maximum Gasteiger partial charge on any atom is 0.143 e. The molecule has 3 nitrogen and oxygen atoms in total. The highest BCUT2D eigenvalue weighted by Crippen LogP contribution is 2.22. The first-order valence-corrected chi connectivity index (χ1v) is 6.95. The SMILES string of the molecule is CCc1nn(C)c(CC(=O)Cc2cc(F)cc(F)c2)c1Cl. The van der Waals surface area contributed by atoms with Crippen LogP contribution < -0.4 is 0 Å². The number of benzene rings is 1. The lowest BCUT2D eigenvalue weighted by atomic mass is 10.1. The van der Waals surface area contributed by atoms with Crippen molar-refractivity contribution >= 4 is 17.4 Å². The van der Waals surface area contributed by atoms with E-state index in [1.165, 1.54) is 0 Å². The molecule has 0 amide bonds. The molecule has 0 aliphatic heterocycles. The fourth-order valence-electron chi connectivity index (χ4n) is 2.20. The number of aromatic nitrogens is 2. The molecule has 0 aliphatic rings. The van der Waals surface area contributed by atoms with Gasteiger partial charge in [-0.25, -0.2) is 8.78 Å². The third-order valence-electron chi connectivity index (χ3n) is 3.19. The van der Waals surface area contributed by atoms with E-state index >= 15 is 0 Å². The Morgan fingerprint density at radius 3 is 2.38 bits per heavy atom. The molecule has 0 spiro atoms. The molecule has 0 saturated carbocycles. The summed E-state index contributed by atoms with van der Waals surface area (Å²) in [5, 5.41) is 4.71. The third kappa shape index (κ3) is 3.67. The zero-order chi connectivity index (χ0) is 15.6. The molecule has 2 rings (SSSR count). The van der Waals surface area contributed by atoms with E-state index in [-0.39, 0.29) is 18.6 Å². The number of Topliss-reactive ketones (excluding diaryl/α,β-unsaturated/α-hetero) is 1. The van der Waals surface area contributed by atoms with Crippen molar-refractivity contribution in [3.8, 4) is 0 Å². The molecule has 0 fully saturated rings. The van der Waals surface area contributed by atoms with Crippen LogP contribution in [0, 0.1) is 11.6 Å². The minimum absolute atomic E-state index is 0.0440. The minimum atomic E-state index is -0.690. The number of carbonyl (C=O) groups excluding carboxylic acids is 1. The van der Waals surface area contributed by atoms with Crippen LogP contribution in [0.1, 0.15) is 23.9 Å². The van der Waals surface area contributed by atoms with Crippen molar-refractivity contribution in [2.24, 2.45) is 7.05 Å². The van der Waals surface area contributed by atoms with Gasteiger partial charge in [-0.15, -0.1) is 0 Å². The highest BCUT2D eigenvalue weighted by atomic mass is 35.5. The van der Waals surface area contributed by atoms with Gasteiger partial charge in [-0.05, 0) is 24.1 Å². The van der Waals surface area contributed by atoms with Crippen LogP contribution in [-0.4, -0.2) is 15.6 Å². The van der Waals surface area contributed by atoms with E-state index in [1.54, 1.807) is 11.7 Å². The highest BCUT2D eigenvalue weighted by Gasteiger charge is 2.16. The molecule has 0 aliphatic carbocycles. The predicted molar refractivity (Wildman–Crippen MR) is 76.4 cm³/mol. The summed E-state index contributed by atoms with van der Waals surface area (Å²) >= 11 is 6.17. The number of carbonyl (C=O) groups is 1. The van der Waals surface area contributed by atoms with E-state index < -0.39 is 11.6 Å². The molecule has 2 aromatic rings. The molecule has 0 unspecified atom stereocenters. The molecule has 1 heterocycles. The van der Waals surface area contributed by atoms with Crippen molar-refractivity contribution in [1.29, 1.82) is 0 Å². The molecule has 0 atom stereocenters. The van der Waals surface area contributed by atoms with Crippen molar-refractivity contribution in [3.63, 3.8) is 0 Å². The number of hydrogen-bond donors (Lipinski definition) is 0. The number of halogens is 3. The van der Waals surface area contributed by atoms with Gasteiger partial charge in [0.05, 0.1) is 22.8 Å². The first-order chi connectivity index (χ1) is 9.90. The summed E-state index contributed by atoms with van der Waals surface area (Å²) in [5.41, 5.74) is 1.67. The molecule has 112 valence electrons. The fourth-order valence-corrected chi connectivity index (χ4v) is 2.56. The van der Waals surface area contributed by atoms with Crippen LogP contribution in [0.2, 0.25) is 5.02 Å². The van der Waals surface area contributed by atoms with Crippen molar-refractivity contribution < 1.29 is 13.6 Å². The minimum Gasteiger partial charge on any atom is -0.299 e. The maximum absolute atomic E-state index is 13.1. The van der Waals surface area contributed by atoms with Gasteiger partial charge in [0, 0.05) is 19.5 Å². The Kier molecular flexibility index (Phi) is 4.73. The van der Waals surface area contributed by atoms with Crippen LogP contribution >= 0.6 is 11.6 Å². The Balaban J connectivity index is 2.13.